The molecule has 7 heteroatoms. The summed E-state index contributed by atoms with van der Waals surface area (Å²) in [7, 11) is 0. The van der Waals surface area contributed by atoms with E-state index in [9.17, 15) is 14.0 Å². The Kier molecular flexibility index (Phi) is 5.50. The van der Waals surface area contributed by atoms with E-state index in [-0.39, 0.29) is 6.61 Å². The molecule has 1 aromatic carbocycles. The van der Waals surface area contributed by atoms with Crippen LogP contribution in [0.5, 0.6) is 0 Å². The van der Waals surface area contributed by atoms with Crippen molar-refractivity contribution in [2.45, 2.75) is 33.0 Å². The van der Waals surface area contributed by atoms with Gasteiger partial charge in [0.2, 0.25) is 0 Å². The SMILES string of the molecule is CC(C)(C)OC(=O)NC(=O)OCc1cc(F)ccc1Br. The number of hydrogen-bond acceptors (Lipinski definition) is 4. The highest BCUT2D eigenvalue weighted by Crippen LogP contribution is 2.18. The number of rotatable bonds is 2. The maximum atomic E-state index is 13.0. The van der Waals surface area contributed by atoms with Gasteiger partial charge in [0.25, 0.3) is 0 Å². The number of nitrogens with one attached hydrogen (secondary N) is 1. The van der Waals surface area contributed by atoms with Gasteiger partial charge in [0.1, 0.15) is 18.0 Å². The fourth-order valence-corrected chi connectivity index (χ4v) is 1.58. The normalized spacial score (nSPS) is 10.8. The predicted octanol–water partition coefficient (Wildman–Crippen LogP) is 3.75. The van der Waals surface area contributed by atoms with Crippen molar-refractivity contribution in [3.63, 3.8) is 0 Å². The number of halogens is 2. The second-order valence-corrected chi connectivity index (χ2v) is 5.79. The zero-order chi connectivity index (χ0) is 15.3. The van der Waals surface area contributed by atoms with E-state index in [4.69, 9.17) is 9.47 Å². The molecule has 5 nitrogen and oxygen atoms in total. The second kappa shape index (κ2) is 6.69. The van der Waals surface area contributed by atoms with Crippen molar-refractivity contribution in [2.24, 2.45) is 0 Å². The summed E-state index contributed by atoms with van der Waals surface area (Å²) in [5.74, 6) is -0.445. The van der Waals surface area contributed by atoms with Crippen LogP contribution in [0.1, 0.15) is 26.3 Å². The van der Waals surface area contributed by atoms with Crippen LogP contribution in [0, 0.1) is 5.82 Å². The molecular formula is C13H15BrFNO4. The molecule has 1 rings (SSSR count). The summed E-state index contributed by atoms with van der Waals surface area (Å²) < 4.78 is 23.3. The molecule has 20 heavy (non-hydrogen) atoms. The molecule has 0 bridgehead atoms. The van der Waals surface area contributed by atoms with Gasteiger partial charge >= 0.3 is 12.2 Å². The molecule has 0 spiro atoms. The molecule has 0 radical (unpaired) electrons. The molecule has 0 aliphatic heterocycles. The molecule has 0 aliphatic rings. The lowest BCUT2D eigenvalue weighted by Gasteiger charge is -2.19. The molecule has 0 aliphatic carbocycles. The summed E-state index contributed by atoms with van der Waals surface area (Å²) in [5, 5.41) is 1.91. The van der Waals surface area contributed by atoms with E-state index in [1.54, 1.807) is 20.8 Å². The van der Waals surface area contributed by atoms with E-state index in [0.717, 1.165) is 0 Å². The molecule has 2 amide bonds. The molecule has 0 heterocycles. The number of ether oxygens (including phenoxy) is 2. The van der Waals surface area contributed by atoms with E-state index in [1.807, 2.05) is 5.32 Å². The summed E-state index contributed by atoms with van der Waals surface area (Å²) in [6, 6.07) is 4.00. The smallest absolute Gasteiger partial charge is 0.417 e. The number of imide groups is 1. The standard InChI is InChI=1S/C13H15BrFNO4/c1-13(2,3)20-12(18)16-11(17)19-7-8-6-9(15)4-5-10(8)14/h4-6H,7H2,1-3H3,(H,16,17,18). The van der Waals surface area contributed by atoms with Crippen molar-refractivity contribution in [3.8, 4) is 0 Å². The van der Waals surface area contributed by atoms with Crippen LogP contribution in [-0.2, 0) is 16.1 Å². The third-order valence-corrected chi connectivity index (χ3v) is 2.74. The molecule has 0 aromatic heterocycles. The number of amides is 2. The molecule has 1 aromatic rings. The fraction of sp³-hybridized carbons (Fsp3) is 0.385. The molecule has 110 valence electrons. The summed E-state index contributed by atoms with van der Waals surface area (Å²) in [5.41, 5.74) is -0.264. The Balaban J connectivity index is 2.48. The summed E-state index contributed by atoms with van der Waals surface area (Å²) in [4.78, 5) is 22.7. The van der Waals surface area contributed by atoms with Crippen LogP contribution in [0.4, 0.5) is 14.0 Å². The van der Waals surface area contributed by atoms with Crippen molar-refractivity contribution in [3.05, 3.63) is 34.1 Å². The average Bonchev–Trinajstić information content (AvgIpc) is 2.27. The van der Waals surface area contributed by atoms with Gasteiger partial charge in [-0.25, -0.2) is 19.3 Å². The van der Waals surface area contributed by atoms with Crippen LogP contribution in [0.3, 0.4) is 0 Å². The van der Waals surface area contributed by atoms with Crippen molar-refractivity contribution in [1.29, 1.82) is 0 Å². The van der Waals surface area contributed by atoms with E-state index in [1.165, 1.54) is 18.2 Å². The lowest BCUT2D eigenvalue weighted by molar-refractivity contribution is 0.0506. The fourth-order valence-electron chi connectivity index (χ4n) is 1.22. The highest BCUT2D eigenvalue weighted by atomic mass is 79.9. The van der Waals surface area contributed by atoms with Crippen LogP contribution in [-0.4, -0.2) is 17.8 Å². The van der Waals surface area contributed by atoms with E-state index in [2.05, 4.69) is 15.9 Å². The Morgan fingerprint density at radius 3 is 2.55 bits per heavy atom. The van der Waals surface area contributed by atoms with E-state index in [0.29, 0.717) is 10.0 Å². The quantitative estimate of drug-likeness (QED) is 0.884. The van der Waals surface area contributed by atoms with Crippen LogP contribution in [0.2, 0.25) is 0 Å². The Labute approximate surface area is 124 Å². The molecule has 0 unspecified atom stereocenters. The van der Waals surface area contributed by atoms with Gasteiger partial charge in [0.05, 0.1) is 0 Å². The topological polar surface area (TPSA) is 64.6 Å². The molecule has 0 saturated carbocycles. The summed E-state index contributed by atoms with van der Waals surface area (Å²) in [6.07, 6.45) is -1.86. The monoisotopic (exact) mass is 347 g/mol. The Bertz CT molecular complexity index is 514. The number of carbonyl (C=O) groups excluding carboxylic acids is 2. The van der Waals surface area contributed by atoms with Crippen LogP contribution < -0.4 is 5.32 Å². The van der Waals surface area contributed by atoms with Crippen molar-refractivity contribution in [1.82, 2.24) is 5.32 Å². The van der Waals surface area contributed by atoms with Crippen molar-refractivity contribution >= 4 is 28.1 Å². The number of alkyl carbamates (subject to hydrolysis) is 2. The van der Waals surface area contributed by atoms with Gasteiger partial charge in [0.15, 0.2) is 0 Å². The lowest BCUT2D eigenvalue weighted by atomic mass is 10.2. The Hall–Kier alpha value is -1.63. The minimum atomic E-state index is -0.963. The number of carbonyl (C=O) groups is 2. The first kappa shape index (κ1) is 16.4. The minimum absolute atomic E-state index is 0.174. The largest absolute Gasteiger partial charge is 0.444 e. The zero-order valence-electron chi connectivity index (χ0n) is 11.3. The number of benzene rings is 1. The lowest BCUT2D eigenvalue weighted by Crippen LogP contribution is -2.36. The van der Waals surface area contributed by atoms with Gasteiger partial charge in [-0.15, -0.1) is 0 Å². The first-order valence-corrected chi connectivity index (χ1v) is 6.57. The third kappa shape index (κ3) is 6.01. The van der Waals surface area contributed by atoms with Crippen LogP contribution in [0.15, 0.2) is 22.7 Å². The molecule has 0 atom stereocenters. The molecule has 1 N–H and O–H groups in total. The van der Waals surface area contributed by atoms with Gasteiger partial charge in [0, 0.05) is 10.0 Å². The third-order valence-electron chi connectivity index (χ3n) is 1.97. The Morgan fingerprint density at radius 1 is 1.30 bits per heavy atom. The van der Waals surface area contributed by atoms with E-state index >= 15 is 0 Å². The Morgan fingerprint density at radius 2 is 1.95 bits per heavy atom. The summed E-state index contributed by atoms with van der Waals surface area (Å²) >= 11 is 3.20. The maximum Gasteiger partial charge on any atom is 0.417 e. The van der Waals surface area contributed by atoms with Gasteiger partial charge < -0.3 is 9.47 Å². The molecule has 0 fully saturated rings. The first-order valence-electron chi connectivity index (χ1n) is 5.78. The summed E-state index contributed by atoms with van der Waals surface area (Å²) in [6.45, 7) is 4.83. The van der Waals surface area contributed by atoms with Crippen LogP contribution in [0.25, 0.3) is 0 Å². The van der Waals surface area contributed by atoms with Crippen molar-refractivity contribution < 1.29 is 23.5 Å². The zero-order valence-corrected chi connectivity index (χ0v) is 12.9. The molecular weight excluding hydrogens is 333 g/mol. The first-order chi connectivity index (χ1) is 9.17. The second-order valence-electron chi connectivity index (χ2n) is 4.94. The van der Waals surface area contributed by atoms with Crippen LogP contribution >= 0.6 is 15.9 Å². The van der Waals surface area contributed by atoms with Gasteiger partial charge in [-0.2, -0.15) is 0 Å². The van der Waals surface area contributed by atoms with E-state index < -0.39 is 23.6 Å². The average molecular weight is 348 g/mol. The number of hydrogen-bond donors (Lipinski definition) is 1. The van der Waals surface area contributed by atoms with Gasteiger partial charge in [-0.3, -0.25) is 0 Å². The highest BCUT2D eigenvalue weighted by molar-refractivity contribution is 9.10. The highest BCUT2D eigenvalue weighted by Gasteiger charge is 2.18. The van der Waals surface area contributed by atoms with Gasteiger partial charge in [-0.1, -0.05) is 15.9 Å². The van der Waals surface area contributed by atoms with Crippen molar-refractivity contribution in [2.75, 3.05) is 0 Å². The van der Waals surface area contributed by atoms with Gasteiger partial charge in [-0.05, 0) is 39.0 Å². The maximum absolute atomic E-state index is 13.0. The predicted molar refractivity (Wildman–Crippen MR) is 73.7 cm³/mol. The minimum Gasteiger partial charge on any atom is -0.444 e. The molecule has 0 saturated heterocycles.